The van der Waals surface area contributed by atoms with E-state index in [1.807, 2.05) is 6.92 Å². The molecule has 1 aromatic heterocycles. The molecule has 2 N–H and O–H groups in total. The average Bonchev–Trinajstić information content (AvgIpc) is 2.75. The van der Waals surface area contributed by atoms with Gasteiger partial charge >= 0.3 is 0 Å². The Bertz CT molecular complexity index is 472. The van der Waals surface area contributed by atoms with Crippen molar-refractivity contribution in [2.75, 3.05) is 46.4 Å². The molecule has 2 heterocycles. The number of aryl methyl sites for hydroxylation is 1. The van der Waals surface area contributed by atoms with E-state index in [1.54, 1.807) is 7.11 Å². The highest BCUT2D eigenvalue weighted by Gasteiger charge is 2.20. The fraction of sp³-hybridized carbons (Fsp3) is 0.615. The molecule has 1 aliphatic heterocycles. The van der Waals surface area contributed by atoms with Crippen LogP contribution in [0.4, 0.5) is 0 Å². The summed E-state index contributed by atoms with van der Waals surface area (Å²) in [6.45, 7) is 7.66. The third kappa shape index (κ3) is 3.72. The van der Waals surface area contributed by atoms with Gasteiger partial charge in [-0.15, -0.1) is 11.3 Å². The summed E-state index contributed by atoms with van der Waals surface area (Å²) in [4.78, 5) is 16.2. The molecule has 5 nitrogen and oxygen atoms in total. The minimum atomic E-state index is -0.0595. The van der Waals surface area contributed by atoms with Crippen molar-refractivity contribution in [3.63, 3.8) is 0 Å². The molecule has 1 amide bonds. The molecule has 0 aliphatic carbocycles. The predicted molar refractivity (Wildman–Crippen MR) is 85.0 cm³/mol. The number of carbonyl (C=O) groups excluding carboxylic acids is 1. The fourth-order valence-electron chi connectivity index (χ4n) is 2.18. The Balaban J connectivity index is 1.87. The van der Waals surface area contributed by atoms with Crippen LogP contribution in [0.2, 0.25) is 0 Å². The zero-order chi connectivity index (χ0) is 14.5. The van der Waals surface area contributed by atoms with Crippen molar-refractivity contribution < 1.29 is 9.53 Å². The lowest BCUT2D eigenvalue weighted by molar-refractivity contribution is 0.0948. The first-order valence-electron chi connectivity index (χ1n) is 6.67. The number of nitrogens with one attached hydrogen (secondary N) is 2. The summed E-state index contributed by atoms with van der Waals surface area (Å²) >= 11 is 4.90. The highest BCUT2D eigenvalue weighted by molar-refractivity contribution is 9.10. The fourth-order valence-corrected chi connectivity index (χ4v) is 3.84. The molecule has 1 fully saturated rings. The van der Waals surface area contributed by atoms with E-state index >= 15 is 0 Å². The number of ether oxygens (including phenoxy) is 1. The average molecular weight is 362 g/mol. The van der Waals surface area contributed by atoms with E-state index in [0.29, 0.717) is 17.2 Å². The van der Waals surface area contributed by atoms with Crippen LogP contribution >= 0.6 is 27.3 Å². The van der Waals surface area contributed by atoms with Crippen LogP contribution in [0.5, 0.6) is 5.75 Å². The number of methoxy groups -OCH3 is 1. The molecule has 0 aromatic carbocycles. The van der Waals surface area contributed by atoms with Gasteiger partial charge in [0.2, 0.25) is 0 Å². The summed E-state index contributed by atoms with van der Waals surface area (Å²) in [5.41, 5.74) is 0. The number of carbonyl (C=O) groups is 1. The van der Waals surface area contributed by atoms with Crippen molar-refractivity contribution in [1.29, 1.82) is 0 Å². The van der Waals surface area contributed by atoms with E-state index in [-0.39, 0.29) is 5.91 Å². The summed E-state index contributed by atoms with van der Waals surface area (Å²) in [6.07, 6.45) is 0. The summed E-state index contributed by atoms with van der Waals surface area (Å²) in [6, 6.07) is 0. The second kappa shape index (κ2) is 7.40. The SMILES string of the molecule is COc1c(C(=O)NCCN2CCNCC2)sc(C)c1Br. The Morgan fingerprint density at radius 2 is 2.20 bits per heavy atom. The van der Waals surface area contributed by atoms with Gasteiger partial charge in [-0.05, 0) is 22.9 Å². The van der Waals surface area contributed by atoms with Crippen molar-refractivity contribution >= 4 is 33.2 Å². The third-order valence-electron chi connectivity index (χ3n) is 3.30. The second-order valence-corrected chi connectivity index (χ2v) is 6.70. The van der Waals surface area contributed by atoms with Crippen molar-refractivity contribution in [2.45, 2.75) is 6.92 Å². The van der Waals surface area contributed by atoms with Crippen LogP contribution in [-0.2, 0) is 0 Å². The molecule has 0 atom stereocenters. The quantitative estimate of drug-likeness (QED) is 0.833. The molecular weight excluding hydrogens is 342 g/mol. The number of piperazine rings is 1. The van der Waals surface area contributed by atoms with Gasteiger partial charge < -0.3 is 15.4 Å². The van der Waals surface area contributed by atoms with Crippen molar-refractivity contribution in [2.24, 2.45) is 0 Å². The van der Waals surface area contributed by atoms with Crippen molar-refractivity contribution in [3.8, 4) is 5.75 Å². The topological polar surface area (TPSA) is 53.6 Å². The molecule has 0 saturated carbocycles. The van der Waals surface area contributed by atoms with E-state index in [4.69, 9.17) is 4.74 Å². The summed E-state index contributed by atoms with van der Waals surface area (Å²) in [5.74, 6) is 0.572. The van der Waals surface area contributed by atoms with Gasteiger partial charge in [0, 0.05) is 44.1 Å². The van der Waals surface area contributed by atoms with Crippen LogP contribution in [-0.4, -0.2) is 57.2 Å². The zero-order valence-corrected chi connectivity index (χ0v) is 14.2. The Kier molecular flexibility index (Phi) is 5.83. The number of hydrogen-bond donors (Lipinski definition) is 2. The Hall–Kier alpha value is -0.630. The first-order valence-corrected chi connectivity index (χ1v) is 8.28. The minimum Gasteiger partial charge on any atom is -0.494 e. The van der Waals surface area contributed by atoms with Crippen LogP contribution in [0.15, 0.2) is 4.47 Å². The Morgan fingerprint density at radius 1 is 1.50 bits per heavy atom. The molecule has 1 saturated heterocycles. The van der Waals surface area contributed by atoms with Gasteiger partial charge in [-0.2, -0.15) is 0 Å². The Labute approximate surface area is 131 Å². The van der Waals surface area contributed by atoms with E-state index in [9.17, 15) is 4.79 Å². The van der Waals surface area contributed by atoms with Gasteiger partial charge in [0.25, 0.3) is 5.91 Å². The Morgan fingerprint density at radius 3 is 2.85 bits per heavy atom. The maximum atomic E-state index is 12.2. The molecule has 2 rings (SSSR count). The maximum Gasteiger partial charge on any atom is 0.265 e. The summed E-state index contributed by atoms with van der Waals surface area (Å²) in [5, 5.41) is 6.28. The van der Waals surface area contributed by atoms with Gasteiger partial charge in [0.05, 0.1) is 11.6 Å². The molecule has 7 heteroatoms. The monoisotopic (exact) mass is 361 g/mol. The molecule has 1 aromatic rings. The van der Waals surface area contributed by atoms with Gasteiger partial charge in [-0.3, -0.25) is 9.69 Å². The highest BCUT2D eigenvalue weighted by atomic mass is 79.9. The first kappa shape index (κ1) is 15.8. The molecule has 112 valence electrons. The van der Waals surface area contributed by atoms with Gasteiger partial charge in [-0.25, -0.2) is 0 Å². The molecular formula is C13H20BrN3O2S. The smallest absolute Gasteiger partial charge is 0.265 e. The number of amides is 1. The number of nitrogens with zero attached hydrogens (tertiary/aromatic N) is 1. The first-order chi connectivity index (χ1) is 9.63. The van der Waals surface area contributed by atoms with Crippen LogP contribution in [0.1, 0.15) is 14.5 Å². The lowest BCUT2D eigenvalue weighted by Crippen LogP contribution is -2.46. The minimum absolute atomic E-state index is 0.0595. The molecule has 0 radical (unpaired) electrons. The summed E-state index contributed by atoms with van der Waals surface area (Å²) < 4.78 is 6.17. The molecule has 0 unspecified atom stereocenters. The van der Waals surface area contributed by atoms with Gasteiger partial charge in [-0.1, -0.05) is 0 Å². The molecule has 1 aliphatic rings. The standard InChI is InChI=1S/C13H20BrN3O2S/c1-9-10(14)11(19-2)12(20-9)13(18)16-5-8-17-6-3-15-4-7-17/h15H,3-8H2,1-2H3,(H,16,18). The largest absolute Gasteiger partial charge is 0.494 e. The van der Waals surface area contributed by atoms with Crippen LogP contribution in [0.25, 0.3) is 0 Å². The highest BCUT2D eigenvalue weighted by Crippen LogP contribution is 2.38. The number of halogens is 1. The van der Waals surface area contributed by atoms with Crippen LogP contribution in [0, 0.1) is 6.92 Å². The van der Waals surface area contributed by atoms with Crippen LogP contribution < -0.4 is 15.4 Å². The van der Waals surface area contributed by atoms with E-state index < -0.39 is 0 Å². The zero-order valence-electron chi connectivity index (χ0n) is 11.8. The normalized spacial score (nSPS) is 16.1. The van der Waals surface area contributed by atoms with E-state index in [2.05, 4.69) is 31.5 Å². The number of hydrogen-bond acceptors (Lipinski definition) is 5. The predicted octanol–water partition coefficient (Wildman–Crippen LogP) is 1.46. The van der Waals surface area contributed by atoms with Crippen molar-refractivity contribution in [1.82, 2.24) is 15.5 Å². The third-order valence-corrected chi connectivity index (χ3v) is 5.61. The summed E-state index contributed by atoms with van der Waals surface area (Å²) in [7, 11) is 1.59. The lowest BCUT2D eigenvalue weighted by Gasteiger charge is -2.27. The number of thiophene rings is 1. The number of rotatable bonds is 5. The maximum absolute atomic E-state index is 12.2. The van der Waals surface area contributed by atoms with Gasteiger partial charge in [0.15, 0.2) is 5.75 Å². The molecule has 0 bridgehead atoms. The van der Waals surface area contributed by atoms with Gasteiger partial charge in [0.1, 0.15) is 4.88 Å². The second-order valence-electron chi connectivity index (χ2n) is 4.68. The van der Waals surface area contributed by atoms with Crippen molar-refractivity contribution in [3.05, 3.63) is 14.2 Å². The van der Waals surface area contributed by atoms with Crippen LogP contribution in [0.3, 0.4) is 0 Å². The molecule has 0 spiro atoms. The van der Waals surface area contributed by atoms with E-state index in [1.165, 1.54) is 11.3 Å². The van der Waals surface area contributed by atoms with E-state index in [0.717, 1.165) is 42.1 Å². The molecule has 20 heavy (non-hydrogen) atoms. The lowest BCUT2D eigenvalue weighted by atomic mass is 10.3.